The Labute approximate surface area is 140 Å². The van der Waals surface area contributed by atoms with Gasteiger partial charge in [-0.2, -0.15) is 0 Å². The molecule has 0 amide bonds. The van der Waals surface area contributed by atoms with Crippen LogP contribution in [0.3, 0.4) is 0 Å². The van der Waals surface area contributed by atoms with Crippen LogP contribution in [0.15, 0.2) is 12.1 Å². The lowest BCUT2D eigenvalue weighted by molar-refractivity contribution is -0.384. The zero-order chi connectivity index (χ0) is 17.2. The van der Waals surface area contributed by atoms with E-state index in [4.69, 9.17) is 11.6 Å². The highest BCUT2D eigenvalue weighted by molar-refractivity contribution is 7.89. The van der Waals surface area contributed by atoms with E-state index in [1.165, 1.54) is 16.4 Å². The molecular formula is C14H20ClN3O4S. The van der Waals surface area contributed by atoms with Crippen molar-refractivity contribution in [2.75, 3.05) is 24.2 Å². The summed E-state index contributed by atoms with van der Waals surface area (Å²) in [5.41, 5.74) is 1.34. The van der Waals surface area contributed by atoms with Gasteiger partial charge in [0.15, 0.2) is 0 Å². The molecule has 7 nitrogen and oxygen atoms in total. The molecule has 0 spiro atoms. The lowest BCUT2D eigenvalue weighted by Crippen LogP contribution is -2.43. The summed E-state index contributed by atoms with van der Waals surface area (Å²) in [4.78, 5) is 10.4. The van der Waals surface area contributed by atoms with Gasteiger partial charge in [0.1, 0.15) is 0 Å². The number of hydrogen-bond donors (Lipinski definition) is 1. The summed E-state index contributed by atoms with van der Waals surface area (Å²) in [5, 5.41) is 14.4. The van der Waals surface area contributed by atoms with Gasteiger partial charge in [-0.15, -0.1) is 0 Å². The molecule has 1 fully saturated rings. The van der Waals surface area contributed by atoms with Crippen LogP contribution in [0.4, 0.5) is 11.4 Å². The first kappa shape index (κ1) is 18.0. The van der Waals surface area contributed by atoms with Crippen LogP contribution in [-0.4, -0.2) is 42.5 Å². The summed E-state index contributed by atoms with van der Waals surface area (Å²) in [6.45, 7) is 4.34. The molecule has 0 aliphatic carbocycles. The summed E-state index contributed by atoms with van der Waals surface area (Å²) < 4.78 is 25.2. The van der Waals surface area contributed by atoms with Gasteiger partial charge in [-0.05, 0) is 32.3 Å². The summed E-state index contributed by atoms with van der Waals surface area (Å²) in [5.74, 6) is 0.110. The highest BCUT2D eigenvalue weighted by atomic mass is 35.5. The molecule has 1 saturated heterocycles. The molecule has 1 heterocycles. The highest BCUT2D eigenvalue weighted by Crippen LogP contribution is 2.32. The van der Waals surface area contributed by atoms with E-state index in [0.29, 0.717) is 42.2 Å². The molecule has 0 bridgehead atoms. The average Bonchev–Trinajstić information content (AvgIpc) is 2.51. The molecule has 0 unspecified atom stereocenters. The van der Waals surface area contributed by atoms with Crippen LogP contribution in [0.5, 0.6) is 0 Å². The summed E-state index contributed by atoms with van der Waals surface area (Å²) in [6.07, 6.45) is 1.35. The molecule has 1 aromatic rings. The Bertz CT molecular complexity index is 677. The topological polar surface area (TPSA) is 92.6 Å². The van der Waals surface area contributed by atoms with Gasteiger partial charge < -0.3 is 5.32 Å². The number of nitrogens with one attached hydrogen (secondary N) is 1. The van der Waals surface area contributed by atoms with Gasteiger partial charge in [0.05, 0.1) is 21.4 Å². The minimum absolute atomic E-state index is 0.0399. The maximum atomic E-state index is 11.8. The Balaban J connectivity index is 2.06. The third kappa shape index (κ3) is 4.13. The third-order valence-corrected chi connectivity index (χ3v) is 6.22. The predicted molar refractivity (Wildman–Crippen MR) is 90.5 cm³/mol. The fraction of sp³-hybridized carbons (Fsp3) is 0.571. The smallest absolute Gasteiger partial charge is 0.271 e. The molecule has 9 heteroatoms. The maximum Gasteiger partial charge on any atom is 0.271 e. The molecule has 128 valence electrons. The SMILES string of the molecule is CCS(=O)(=O)N1CCC(Nc2c(C)cc([N+](=O)[O-])cc2Cl)CC1. The lowest BCUT2D eigenvalue weighted by atomic mass is 10.1. The van der Waals surface area contributed by atoms with E-state index in [9.17, 15) is 18.5 Å². The molecule has 0 radical (unpaired) electrons. The van der Waals surface area contributed by atoms with E-state index in [1.54, 1.807) is 13.8 Å². The van der Waals surface area contributed by atoms with E-state index in [1.807, 2.05) is 0 Å². The zero-order valence-corrected chi connectivity index (χ0v) is 14.7. The molecule has 1 aliphatic heterocycles. The maximum absolute atomic E-state index is 11.8. The van der Waals surface area contributed by atoms with E-state index in [2.05, 4.69) is 5.32 Å². The predicted octanol–water partition coefficient (Wildman–Crippen LogP) is 2.78. The average molecular weight is 362 g/mol. The van der Waals surface area contributed by atoms with Crippen LogP contribution < -0.4 is 5.32 Å². The lowest BCUT2D eigenvalue weighted by Gasteiger charge is -2.32. The Morgan fingerprint density at radius 3 is 2.48 bits per heavy atom. The number of hydrogen-bond acceptors (Lipinski definition) is 5. The first-order valence-corrected chi connectivity index (χ1v) is 9.42. The van der Waals surface area contributed by atoms with Crippen LogP contribution in [0.1, 0.15) is 25.3 Å². The second-order valence-electron chi connectivity index (χ2n) is 5.59. The number of aryl methyl sites for hydroxylation is 1. The number of halogens is 1. The van der Waals surface area contributed by atoms with Crippen molar-refractivity contribution in [2.45, 2.75) is 32.7 Å². The third-order valence-electron chi connectivity index (χ3n) is 4.04. The van der Waals surface area contributed by atoms with Gasteiger partial charge in [0.25, 0.3) is 5.69 Å². The molecule has 0 atom stereocenters. The number of piperidine rings is 1. The number of benzene rings is 1. The molecule has 2 rings (SSSR count). The Hall–Kier alpha value is -1.38. The van der Waals surface area contributed by atoms with Crippen LogP contribution in [0, 0.1) is 17.0 Å². The second kappa shape index (κ2) is 7.02. The van der Waals surface area contributed by atoms with Crippen molar-refractivity contribution in [1.29, 1.82) is 0 Å². The number of anilines is 1. The quantitative estimate of drug-likeness (QED) is 0.643. The normalized spacial score (nSPS) is 17.2. The van der Waals surface area contributed by atoms with Crippen molar-refractivity contribution in [3.8, 4) is 0 Å². The van der Waals surface area contributed by atoms with Gasteiger partial charge in [-0.3, -0.25) is 10.1 Å². The van der Waals surface area contributed by atoms with E-state index in [-0.39, 0.29) is 17.5 Å². The molecule has 23 heavy (non-hydrogen) atoms. The standard InChI is InChI=1S/C14H20ClN3O4S/c1-3-23(21,22)17-6-4-11(5-7-17)16-14-10(2)8-12(18(19)20)9-13(14)15/h8-9,11,16H,3-7H2,1-2H3. The summed E-state index contributed by atoms with van der Waals surface area (Å²) >= 11 is 6.15. The molecule has 1 aliphatic rings. The van der Waals surface area contributed by atoms with Gasteiger partial charge >= 0.3 is 0 Å². The molecular weight excluding hydrogens is 342 g/mol. The van der Waals surface area contributed by atoms with Crippen LogP contribution in [0.25, 0.3) is 0 Å². The summed E-state index contributed by atoms with van der Waals surface area (Å²) in [6, 6.07) is 2.90. The van der Waals surface area contributed by atoms with Crippen molar-refractivity contribution in [3.63, 3.8) is 0 Å². The Morgan fingerprint density at radius 1 is 1.39 bits per heavy atom. The first-order valence-electron chi connectivity index (χ1n) is 7.43. The fourth-order valence-electron chi connectivity index (χ4n) is 2.68. The van der Waals surface area contributed by atoms with Gasteiger partial charge in [-0.1, -0.05) is 11.6 Å². The monoisotopic (exact) mass is 361 g/mol. The molecule has 1 aromatic carbocycles. The molecule has 1 N–H and O–H groups in total. The number of non-ortho nitro benzene ring substituents is 1. The van der Waals surface area contributed by atoms with Gasteiger partial charge in [0.2, 0.25) is 10.0 Å². The van der Waals surface area contributed by atoms with Crippen molar-refractivity contribution in [3.05, 3.63) is 32.8 Å². The minimum Gasteiger partial charge on any atom is -0.381 e. The second-order valence-corrected chi connectivity index (χ2v) is 8.26. The van der Waals surface area contributed by atoms with Crippen molar-refractivity contribution < 1.29 is 13.3 Å². The van der Waals surface area contributed by atoms with Gasteiger partial charge in [-0.25, -0.2) is 12.7 Å². The fourth-order valence-corrected chi connectivity index (χ4v) is 4.13. The minimum atomic E-state index is -3.14. The van der Waals surface area contributed by atoms with Crippen molar-refractivity contribution in [2.24, 2.45) is 0 Å². The van der Waals surface area contributed by atoms with E-state index >= 15 is 0 Å². The van der Waals surface area contributed by atoms with Crippen molar-refractivity contribution in [1.82, 2.24) is 4.31 Å². The van der Waals surface area contributed by atoms with Crippen molar-refractivity contribution >= 4 is 33.0 Å². The van der Waals surface area contributed by atoms with E-state index < -0.39 is 14.9 Å². The van der Waals surface area contributed by atoms with Crippen LogP contribution in [-0.2, 0) is 10.0 Å². The number of nitrogens with zero attached hydrogens (tertiary/aromatic N) is 2. The largest absolute Gasteiger partial charge is 0.381 e. The first-order chi connectivity index (χ1) is 10.7. The molecule has 0 saturated carbocycles. The summed E-state index contributed by atoms with van der Waals surface area (Å²) in [7, 11) is -3.14. The van der Waals surface area contributed by atoms with E-state index in [0.717, 1.165) is 0 Å². The number of sulfonamides is 1. The number of nitro benzene ring substituents is 1. The Kier molecular flexibility index (Phi) is 5.49. The van der Waals surface area contributed by atoms with Crippen LogP contribution in [0.2, 0.25) is 5.02 Å². The zero-order valence-electron chi connectivity index (χ0n) is 13.1. The molecule has 0 aromatic heterocycles. The van der Waals surface area contributed by atoms with Gasteiger partial charge in [0, 0.05) is 31.3 Å². The number of rotatable bonds is 5. The number of nitro groups is 1. The highest BCUT2D eigenvalue weighted by Gasteiger charge is 2.27. The van der Waals surface area contributed by atoms with Crippen LogP contribution >= 0.6 is 11.6 Å². The Morgan fingerprint density at radius 2 is 2.00 bits per heavy atom.